The molecule has 1 aliphatic rings. The number of methoxy groups -OCH3 is 1. The van der Waals surface area contributed by atoms with E-state index in [0.29, 0.717) is 10.1 Å². The Bertz CT molecular complexity index is 500. The molecule has 1 heterocycles. The molecule has 1 atom stereocenters. The van der Waals surface area contributed by atoms with E-state index in [0.717, 1.165) is 11.5 Å². The molecule has 0 radical (unpaired) electrons. The fourth-order valence-corrected chi connectivity index (χ4v) is 4.76. The van der Waals surface area contributed by atoms with Gasteiger partial charge in [-0.25, -0.2) is 4.79 Å². The van der Waals surface area contributed by atoms with Gasteiger partial charge in [0.05, 0.1) is 11.1 Å². The van der Waals surface area contributed by atoms with Crippen LogP contribution in [0.2, 0.25) is 0 Å². The van der Waals surface area contributed by atoms with Crippen LogP contribution in [0.1, 0.15) is 20.5 Å². The van der Waals surface area contributed by atoms with Crippen molar-refractivity contribution in [3.8, 4) is 0 Å². The maximum atomic E-state index is 12.0. The van der Waals surface area contributed by atoms with Gasteiger partial charge in [0, 0.05) is 24.2 Å². The van der Waals surface area contributed by atoms with Crippen LogP contribution >= 0.6 is 23.5 Å². The second-order valence-corrected chi connectivity index (χ2v) is 7.19. The first-order chi connectivity index (χ1) is 10.1. The number of rotatable bonds is 6. The van der Waals surface area contributed by atoms with Gasteiger partial charge in [-0.2, -0.15) is 0 Å². The fraction of sp³-hybridized carbons (Fsp3) is 0.429. The van der Waals surface area contributed by atoms with Gasteiger partial charge in [-0.05, 0) is 17.7 Å². The van der Waals surface area contributed by atoms with Gasteiger partial charge < -0.3 is 15.2 Å². The number of amides is 1. The highest BCUT2D eigenvalue weighted by molar-refractivity contribution is 8.19. The Hall–Kier alpha value is -1.18. The Labute approximate surface area is 131 Å². The van der Waals surface area contributed by atoms with Crippen molar-refractivity contribution >= 4 is 35.4 Å². The number of carboxylic acids is 1. The highest BCUT2D eigenvalue weighted by atomic mass is 32.2. The lowest BCUT2D eigenvalue weighted by atomic mass is 10.1. The molecule has 1 fully saturated rings. The largest absolute Gasteiger partial charge is 0.479 e. The van der Waals surface area contributed by atoms with Crippen LogP contribution in [-0.2, 0) is 9.53 Å². The van der Waals surface area contributed by atoms with Crippen LogP contribution in [0.25, 0.3) is 0 Å². The molecule has 7 heteroatoms. The summed E-state index contributed by atoms with van der Waals surface area (Å²) in [7, 11) is 1.30. The Morgan fingerprint density at radius 2 is 1.95 bits per heavy atom. The van der Waals surface area contributed by atoms with E-state index in [1.165, 1.54) is 12.7 Å². The van der Waals surface area contributed by atoms with Crippen LogP contribution in [0, 0.1) is 0 Å². The monoisotopic (exact) mass is 327 g/mol. The summed E-state index contributed by atoms with van der Waals surface area (Å²) in [6.45, 7) is -0.0548. The molecule has 21 heavy (non-hydrogen) atoms. The average molecular weight is 327 g/mol. The van der Waals surface area contributed by atoms with Crippen molar-refractivity contribution in [2.24, 2.45) is 0 Å². The summed E-state index contributed by atoms with van der Waals surface area (Å²) in [5, 5.41) is 11.4. The lowest BCUT2D eigenvalue weighted by Crippen LogP contribution is -2.37. The van der Waals surface area contributed by atoms with E-state index in [1.54, 1.807) is 12.1 Å². The Balaban J connectivity index is 1.91. The zero-order chi connectivity index (χ0) is 15.2. The fourth-order valence-electron chi connectivity index (χ4n) is 1.90. The minimum atomic E-state index is -1.09. The van der Waals surface area contributed by atoms with E-state index >= 15 is 0 Å². The van der Waals surface area contributed by atoms with E-state index in [4.69, 9.17) is 9.84 Å². The van der Waals surface area contributed by atoms with Crippen LogP contribution < -0.4 is 5.32 Å². The number of carbonyl (C=O) groups excluding carboxylic acids is 1. The number of nitrogens with one attached hydrogen (secondary N) is 1. The van der Waals surface area contributed by atoms with E-state index in [1.807, 2.05) is 35.7 Å². The van der Waals surface area contributed by atoms with E-state index in [2.05, 4.69) is 5.32 Å². The van der Waals surface area contributed by atoms with Gasteiger partial charge >= 0.3 is 5.97 Å². The molecule has 0 aromatic heterocycles. The number of carbonyl (C=O) groups is 2. The first-order valence-corrected chi connectivity index (χ1v) is 8.58. The van der Waals surface area contributed by atoms with Crippen molar-refractivity contribution in [1.82, 2.24) is 5.32 Å². The molecule has 5 nitrogen and oxygen atoms in total. The van der Waals surface area contributed by atoms with Gasteiger partial charge in [0.2, 0.25) is 0 Å². The van der Waals surface area contributed by atoms with Crippen LogP contribution in [0.15, 0.2) is 24.3 Å². The first kappa shape index (κ1) is 16.2. The lowest BCUT2D eigenvalue weighted by molar-refractivity contribution is -0.148. The van der Waals surface area contributed by atoms with Crippen molar-refractivity contribution in [2.75, 3.05) is 25.2 Å². The maximum Gasteiger partial charge on any atom is 0.334 e. The minimum absolute atomic E-state index is 0.0548. The van der Waals surface area contributed by atoms with Crippen molar-refractivity contribution < 1.29 is 19.4 Å². The molecule has 1 aliphatic heterocycles. The zero-order valence-electron chi connectivity index (χ0n) is 11.6. The summed E-state index contributed by atoms with van der Waals surface area (Å²) in [5.41, 5.74) is 1.73. The van der Waals surface area contributed by atoms with Crippen molar-refractivity contribution in [3.05, 3.63) is 35.4 Å². The Kier molecular flexibility index (Phi) is 5.96. The van der Waals surface area contributed by atoms with Crippen LogP contribution in [0.5, 0.6) is 0 Å². The zero-order valence-corrected chi connectivity index (χ0v) is 13.2. The molecule has 1 aromatic carbocycles. The topological polar surface area (TPSA) is 75.6 Å². The molecule has 2 rings (SSSR count). The molecule has 0 aliphatic carbocycles. The van der Waals surface area contributed by atoms with E-state index < -0.39 is 12.1 Å². The number of benzene rings is 1. The molecule has 0 spiro atoms. The molecular formula is C14H17NO4S2. The number of thioether (sulfide) groups is 2. The molecule has 1 saturated heterocycles. The summed E-state index contributed by atoms with van der Waals surface area (Å²) in [6.07, 6.45) is -1.03. The molecule has 1 amide bonds. The number of carboxylic acid groups (broad SMARTS) is 1. The first-order valence-electron chi connectivity index (χ1n) is 6.49. The smallest absolute Gasteiger partial charge is 0.334 e. The molecule has 1 aromatic rings. The summed E-state index contributed by atoms with van der Waals surface area (Å²) >= 11 is 3.82. The highest BCUT2D eigenvalue weighted by Crippen LogP contribution is 2.45. The molecular weight excluding hydrogens is 310 g/mol. The maximum absolute atomic E-state index is 12.0. The average Bonchev–Trinajstić information content (AvgIpc) is 3.01. The number of ether oxygens (including phenoxy) is 1. The Morgan fingerprint density at radius 3 is 2.48 bits per heavy atom. The van der Waals surface area contributed by atoms with Crippen molar-refractivity contribution in [3.63, 3.8) is 0 Å². The van der Waals surface area contributed by atoms with Gasteiger partial charge in [-0.15, -0.1) is 23.5 Å². The van der Waals surface area contributed by atoms with Gasteiger partial charge in [0.15, 0.2) is 6.10 Å². The van der Waals surface area contributed by atoms with Gasteiger partial charge in [-0.1, -0.05) is 12.1 Å². The van der Waals surface area contributed by atoms with Crippen molar-refractivity contribution in [2.45, 2.75) is 10.7 Å². The molecule has 0 bridgehead atoms. The molecule has 2 N–H and O–H groups in total. The summed E-state index contributed by atoms with van der Waals surface area (Å²) in [4.78, 5) is 22.7. The van der Waals surface area contributed by atoms with Crippen LogP contribution in [0.4, 0.5) is 0 Å². The van der Waals surface area contributed by atoms with Crippen LogP contribution in [-0.4, -0.2) is 48.2 Å². The normalized spacial score (nSPS) is 16.6. The quantitative estimate of drug-likeness (QED) is 0.832. The summed E-state index contributed by atoms with van der Waals surface area (Å²) in [6, 6.07) is 7.45. The van der Waals surface area contributed by atoms with Gasteiger partial charge in [0.1, 0.15) is 0 Å². The highest BCUT2D eigenvalue weighted by Gasteiger charge is 2.19. The predicted octanol–water partition coefficient (Wildman–Crippen LogP) is 1.99. The Morgan fingerprint density at radius 1 is 1.33 bits per heavy atom. The second kappa shape index (κ2) is 7.72. The molecule has 1 unspecified atom stereocenters. The summed E-state index contributed by atoms with van der Waals surface area (Å²) < 4.78 is 5.22. The number of hydrogen-bond acceptors (Lipinski definition) is 5. The third-order valence-corrected chi connectivity index (χ3v) is 6.18. The summed E-state index contributed by atoms with van der Waals surface area (Å²) in [5.74, 6) is 0.927. The van der Waals surface area contributed by atoms with Gasteiger partial charge in [-0.3, -0.25) is 4.79 Å². The number of hydrogen-bond donors (Lipinski definition) is 2. The molecule has 0 saturated carbocycles. The minimum Gasteiger partial charge on any atom is -0.479 e. The third kappa shape index (κ3) is 4.39. The predicted molar refractivity (Wildman–Crippen MR) is 84.9 cm³/mol. The lowest BCUT2D eigenvalue weighted by Gasteiger charge is -2.12. The molecule has 114 valence electrons. The standard InChI is InChI=1S/C14H17NO4S2/c1-19-11(13(17)18)8-15-12(16)9-2-4-10(5-3-9)14-20-6-7-21-14/h2-5,11,14H,6-8H2,1H3,(H,15,16)(H,17,18). The van der Waals surface area contributed by atoms with Gasteiger partial charge in [0.25, 0.3) is 5.91 Å². The van der Waals surface area contributed by atoms with E-state index in [-0.39, 0.29) is 12.5 Å². The van der Waals surface area contributed by atoms with Crippen LogP contribution in [0.3, 0.4) is 0 Å². The van der Waals surface area contributed by atoms with E-state index in [9.17, 15) is 9.59 Å². The SMILES string of the molecule is COC(CNC(=O)c1ccc(C2SCCS2)cc1)C(=O)O. The third-order valence-electron chi connectivity index (χ3n) is 3.07. The second-order valence-electron chi connectivity index (χ2n) is 4.47. The number of aliphatic carboxylic acids is 1. The van der Waals surface area contributed by atoms with Crippen molar-refractivity contribution in [1.29, 1.82) is 0 Å².